The number of thioether (sulfide) groups is 1. The molecule has 4 aromatic carbocycles. The molecule has 7 aromatic rings. The first-order valence-electron chi connectivity index (χ1n) is 19.8. The fourth-order valence-electron chi connectivity index (χ4n) is 6.52. The first kappa shape index (κ1) is 44.3. The molecular weight excluding hydrogens is 867 g/mol. The van der Waals surface area contributed by atoms with Gasteiger partial charge in [-0.05, 0) is 113 Å². The van der Waals surface area contributed by atoms with Crippen molar-refractivity contribution in [3.8, 4) is 0 Å². The number of benzene rings is 4. The van der Waals surface area contributed by atoms with Gasteiger partial charge in [-0.15, -0.1) is 20.5 Å². The number of hydrogen-bond acceptors (Lipinski definition) is 19. The number of hydrogen-bond donors (Lipinski definition) is 4. The number of nitrogens with one attached hydrogen (secondary N) is 2. The molecule has 0 amide bonds. The van der Waals surface area contributed by atoms with E-state index in [1.54, 1.807) is 13.0 Å². The third kappa shape index (κ3) is 10.5. The Hall–Kier alpha value is -5.71. The number of nitrogens with zero attached hydrogens (tertiary/aromatic N) is 11. The second-order valence-electron chi connectivity index (χ2n) is 13.8. The minimum absolute atomic E-state index is 0.0861. The first-order chi connectivity index (χ1) is 29.9. The van der Waals surface area contributed by atoms with E-state index >= 15 is 0 Å². The molecule has 0 aliphatic heterocycles. The number of thiazole rings is 2. The van der Waals surface area contributed by atoms with Crippen LogP contribution in [0.1, 0.15) is 38.8 Å². The molecule has 322 valence electrons. The zero-order valence-corrected chi connectivity index (χ0v) is 38.1. The molecule has 0 aliphatic carbocycles. The maximum Gasteiger partial charge on any atom is 0.296 e. The van der Waals surface area contributed by atoms with Crippen molar-refractivity contribution in [1.82, 2.24) is 24.9 Å². The number of fused-ring (bicyclic) bond motifs is 2. The molecule has 3 aromatic heterocycles. The van der Waals surface area contributed by atoms with Crippen LogP contribution in [0.4, 0.5) is 56.3 Å². The molecule has 17 nitrogen and oxygen atoms in total. The molecule has 0 saturated carbocycles. The first-order valence-corrected chi connectivity index (χ1v) is 23.8. The maximum absolute atomic E-state index is 12.2. The van der Waals surface area contributed by atoms with Gasteiger partial charge < -0.3 is 25.5 Å². The summed E-state index contributed by atoms with van der Waals surface area (Å²) >= 11 is 3.88. The molecule has 0 saturated heterocycles. The van der Waals surface area contributed by atoms with E-state index in [-0.39, 0.29) is 34.0 Å². The fraction of sp³-hybridized carbons (Fsp3) is 0.293. The van der Waals surface area contributed by atoms with Crippen LogP contribution in [0.2, 0.25) is 0 Å². The van der Waals surface area contributed by atoms with E-state index in [2.05, 4.69) is 84.6 Å². The van der Waals surface area contributed by atoms with Crippen LogP contribution >= 0.6 is 34.4 Å². The lowest BCUT2D eigenvalue weighted by molar-refractivity contribution is 0.322. The molecule has 4 N–H and O–H groups in total. The molecule has 62 heavy (non-hydrogen) atoms. The summed E-state index contributed by atoms with van der Waals surface area (Å²) in [4.78, 5) is 27.3. The number of aliphatic hydroxyl groups is 1. The Morgan fingerprint density at radius 3 is 1.76 bits per heavy atom. The fourth-order valence-corrected chi connectivity index (χ4v) is 9.69. The van der Waals surface area contributed by atoms with Crippen molar-refractivity contribution in [2.75, 3.05) is 59.0 Å². The summed E-state index contributed by atoms with van der Waals surface area (Å²) in [5.41, 5.74) is 6.73. The van der Waals surface area contributed by atoms with Gasteiger partial charge in [-0.1, -0.05) is 40.5 Å². The quantitative estimate of drug-likeness (QED) is 0.0358. The van der Waals surface area contributed by atoms with Crippen LogP contribution in [0.15, 0.2) is 97.2 Å². The zero-order valence-electron chi connectivity index (χ0n) is 34.9. The highest BCUT2D eigenvalue weighted by molar-refractivity contribution is 7.99. The van der Waals surface area contributed by atoms with Crippen molar-refractivity contribution in [3.05, 3.63) is 77.9 Å². The lowest BCUT2D eigenvalue weighted by Gasteiger charge is -2.22. The summed E-state index contributed by atoms with van der Waals surface area (Å²) in [6.45, 7) is 15.1. The molecule has 0 unspecified atom stereocenters. The summed E-state index contributed by atoms with van der Waals surface area (Å²) < 4.78 is 35.8. The van der Waals surface area contributed by atoms with Crippen molar-refractivity contribution in [2.24, 2.45) is 20.5 Å². The predicted octanol–water partition coefficient (Wildman–Crippen LogP) is 11.0. The molecule has 0 atom stereocenters. The Bertz CT molecular complexity index is 2890. The van der Waals surface area contributed by atoms with E-state index < -0.39 is 10.1 Å². The summed E-state index contributed by atoms with van der Waals surface area (Å²) in [6, 6.07) is 20.8. The number of aromatic nitrogens is 5. The average Bonchev–Trinajstić information content (AvgIpc) is 3.85. The van der Waals surface area contributed by atoms with Crippen LogP contribution in [-0.4, -0.2) is 81.5 Å². The molecular formula is C41H45N13O4S4. The van der Waals surface area contributed by atoms with Gasteiger partial charge in [0.2, 0.25) is 22.2 Å². The van der Waals surface area contributed by atoms with E-state index in [0.717, 1.165) is 64.7 Å². The normalized spacial score (nSPS) is 12.0. The minimum atomic E-state index is -4.53. The number of rotatable bonds is 18. The summed E-state index contributed by atoms with van der Waals surface area (Å²) in [6.07, 6.45) is 0. The second-order valence-corrected chi connectivity index (χ2v) is 18.3. The highest BCUT2D eigenvalue weighted by Gasteiger charge is 2.20. The van der Waals surface area contributed by atoms with Crippen molar-refractivity contribution in [2.45, 2.75) is 51.6 Å². The van der Waals surface area contributed by atoms with E-state index in [4.69, 9.17) is 15.0 Å². The van der Waals surface area contributed by atoms with E-state index in [1.165, 1.54) is 29.2 Å². The minimum Gasteiger partial charge on any atom is -0.396 e. The van der Waals surface area contributed by atoms with Gasteiger partial charge >= 0.3 is 0 Å². The van der Waals surface area contributed by atoms with Crippen LogP contribution in [0.3, 0.4) is 0 Å². The monoisotopic (exact) mass is 911 g/mol. The highest BCUT2D eigenvalue weighted by atomic mass is 32.2. The van der Waals surface area contributed by atoms with Crippen molar-refractivity contribution in [3.63, 3.8) is 0 Å². The number of azo groups is 2. The second kappa shape index (κ2) is 19.6. The molecule has 21 heteroatoms. The molecule has 0 radical (unpaired) electrons. The van der Waals surface area contributed by atoms with Gasteiger partial charge in [0, 0.05) is 43.3 Å². The lowest BCUT2D eigenvalue weighted by atomic mass is 10.2. The Labute approximate surface area is 371 Å². The average molecular weight is 912 g/mol. The van der Waals surface area contributed by atoms with Gasteiger partial charge in [0.25, 0.3) is 10.1 Å². The van der Waals surface area contributed by atoms with Crippen LogP contribution in [-0.2, 0) is 10.1 Å². The van der Waals surface area contributed by atoms with Gasteiger partial charge in [0.05, 0.1) is 32.9 Å². The molecule has 0 aliphatic rings. The van der Waals surface area contributed by atoms with Crippen LogP contribution in [0, 0.1) is 13.8 Å². The lowest BCUT2D eigenvalue weighted by Crippen LogP contribution is -2.21. The van der Waals surface area contributed by atoms with Crippen molar-refractivity contribution in [1.29, 1.82) is 0 Å². The SMILES string of the molecule is CCN(CC)c1ccc(/N=N/c2nc3ccc(C)cc3s2)c(Nc2nc(Nc3cc(N(CC)CC)ccc3/N=N/c3nc4c(S(=O)(=O)O)cc(C)cc4s3)nc(SCCO)n2)c1. The predicted molar refractivity (Wildman–Crippen MR) is 251 cm³/mol. The van der Waals surface area contributed by atoms with Crippen molar-refractivity contribution >= 4 is 121 Å². The molecule has 7 rings (SSSR count). The molecule has 0 fully saturated rings. The standard InChI is InChI=1S/C41H45N13O4S4/c1-7-53(8-2)26-12-15-28(49-51-40-44-30-14-11-24(5)19-33(30)60-40)31(22-26)42-37-46-38(48-39(47-37)59-18-17-55)43-32-23-27(54(9-3)10-4)13-16-29(32)50-52-41-45-36-34(61-41)20-25(6)21-35(36)62(56,57)58/h11-16,19-23,55H,7-10,17-18H2,1-6H3,(H,56,57,58)(H2,42,43,46,47,48)/b51-49+,52-50+. The van der Waals surface area contributed by atoms with Gasteiger partial charge in [-0.3, -0.25) is 4.55 Å². The van der Waals surface area contributed by atoms with Crippen molar-refractivity contribution < 1.29 is 18.1 Å². The number of aryl methyl sites for hydroxylation is 2. The number of anilines is 6. The largest absolute Gasteiger partial charge is 0.396 e. The molecule has 3 heterocycles. The summed E-state index contributed by atoms with van der Waals surface area (Å²) in [5.74, 6) is 0.755. The van der Waals surface area contributed by atoms with E-state index in [9.17, 15) is 18.1 Å². The van der Waals surface area contributed by atoms with Gasteiger partial charge in [-0.25, -0.2) is 9.97 Å². The Kier molecular flexibility index (Phi) is 14.0. The maximum atomic E-state index is 12.2. The zero-order chi connectivity index (χ0) is 44.0. The van der Waals surface area contributed by atoms with Crippen LogP contribution < -0.4 is 20.4 Å². The summed E-state index contributed by atoms with van der Waals surface area (Å²) in [5, 5.41) is 35.6. The Morgan fingerprint density at radius 1 is 0.661 bits per heavy atom. The smallest absolute Gasteiger partial charge is 0.296 e. The van der Waals surface area contributed by atoms with E-state index in [1.807, 2.05) is 55.5 Å². The van der Waals surface area contributed by atoms with Gasteiger partial charge in [0.15, 0.2) is 5.16 Å². The Balaban J connectivity index is 1.26. The van der Waals surface area contributed by atoms with Gasteiger partial charge in [-0.2, -0.15) is 23.4 Å². The third-order valence-electron chi connectivity index (χ3n) is 9.54. The van der Waals surface area contributed by atoms with Crippen LogP contribution in [0.25, 0.3) is 20.4 Å². The Morgan fingerprint density at radius 2 is 1.21 bits per heavy atom. The van der Waals surface area contributed by atoms with Gasteiger partial charge in [0.1, 0.15) is 21.8 Å². The summed E-state index contributed by atoms with van der Waals surface area (Å²) in [7, 11) is -4.53. The topological polar surface area (TPSA) is 219 Å². The third-order valence-corrected chi connectivity index (χ3v) is 13.0. The van der Waals surface area contributed by atoms with E-state index in [0.29, 0.717) is 49.1 Å². The van der Waals surface area contributed by atoms with Crippen LogP contribution in [0.5, 0.6) is 0 Å². The number of aliphatic hydroxyl groups excluding tert-OH is 1. The molecule has 0 bridgehead atoms. The highest BCUT2D eigenvalue weighted by Crippen LogP contribution is 2.39. The molecule has 0 spiro atoms.